The van der Waals surface area contributed by atoms with E-state index in [1.165, 1.54) is 5.56 Å². The molecular formula is C14H21NO2. The van der Waals surface area contributed by atoms with Crippen LogP contribution in [0.25, 0.3) is 0 Å². The van der Waals surface area contributed by atoms with E-state index in [1.54, 1.807) is 0 Å². The molecule has 94 valence electrons. The van der Waals surface area contributed by atoms with Crippen LogP contribution in [0.1, 0.15) is 30.7 Å². The fourth-order valence-corrected chi connectivity index (χ4v) is 2.21. The summed E-state index contributed by atoms with van der Waals surface area (Å²) in [5.74, 6) is 1.53. The SMILES string of the molecule is OCCCCCNCC1COc2ccccc21. The van der Waals surface area contributed by atoms with E-state index in [2.05, 4.69) is 17.4 Å². The molecule has 1 unspecified atom stereocenters. The van der Waals surface area contributed by atoms with Gasteiger partial charge in [-0.1, -0.05) is 18.2 Å². The summed E-state index contributed by atoms with van der Waals surface area (Å²) in [5.41, 5.74) is 1.33. The lowest BCUT2D eigenvalue weighted by molar-refractivity contribution is 0.282. The lowest BCUT2D eigenvalue weighted by Crippen LogP contribution is -2.23. The van der Waals surface area contributed by atoms with Gasteiger partial charge in [0.15, 0.2) is 0 Å². The number of hydrogen-bond acceptors (Lipinski definition) is 3. The molecule has 1 heterocycles. The van der Waals surface area contributed by atoms with E-state index in [0.29, 0.717) is 12.5 Å². The molecule has 2 rings (SSSR count). The standard InChI is InChI=1S/C14H21NO2/c16-9-5-1-4-8-15-10-12-11-17-14-7-3-2-6-13(12)14/h2-3,6-7,12,15-16H,1,4-5,8-11H2. The number of aliphatic hydroxyl groups is 1. The van der Waals surface area contributed by atoms with E-state index in [4.69, 9.17) is 9.84 Å². The predicted octanol–water partition coefficient (Wildman–Crippen LogP) is 1.91. The van der Waals surface area contributed by atoms with Crippen LogP contribution in [-0.4, -0.2) is 31.4 Å². The number of unbranched alkanes of at least 4 members (excludes halogenated alkanes) is 2. The summed E-state index contributed by atoms with van der Waals surface area (Å²) < 4.78 is 5.63. The number of para-hydroxylation sites is 1. The Balaban J connectivity index is 1.68. The van der Waals surface area contributed by atoms with Gasteiger partial charge < -0.3 is 15.2 Å². The van der Waals surface area contributed by atoms with Gasteiger partial charge >= 0.3 is 0 Å². The average molecular weight is 235 g/mol. The molecule has 3 heteroatoms. The van der Waals surface area contributed by atoms with Crippen molar-refractivity contribution in [2.75, 3.05) is 26.3 Å². The van der Waals surface area contributed by atoms with Gasteiger partial charge in [-0.3, -0.25) is 0 Å². The summed E-state index contributed by atoms with van der Waals surface area (Å²) in [6.45, 7) is 3.11. The highest BCUT2D eigenvalue weighted by Crippen LogP contribution is 2.32. The van der Waals surface area contributed by atoms with Gasteiger partial charge in [0.2, 0.25) is 0 Å². The first kappa shape index (κ1) is 12.4. The molecule has 0 aliphatic carbocycles. The number of nitrogens with one attached hydrogen (secondary N) is 1. The molecule has 0 saturated heterocycles. The number of hydrogen-bond donors (Lipinski definition) is 2. The van der Waals surface area contributed by atoms with E-state index in [1.807, 2.05) is 12.1 Å². The molecule has 0 saturated carbocycles. The molecule has 17 heavy (non-hydrogen) atoms. The summed E-state index contributed by atoms with van der Waals surface area (Å²) >= 11 is 0. The lowest BCUT2D eigenvalue weighted by Gasteiger charge is -2.10. The Labute approximate surface area is 103 Å². The fourth-order valence-electron chi connectivity index (χ4n) is 2.21. The second-order valence-corrected chi connectivity index (χ2v) is 4.53. The third-order valence-corrected chi connectivity index (χ3v) is 3.20. The highest BCUT2D eigenvalue weighted by molar-refractivity contribution is 5.39. The highest BCUT2D eigenvalue weighted by atomic mass is 16.5. The predicted molar refractivity (Wildman–Crippen MR) is 68.5 cm³/mol. The van der Waals surface area contributed by atoms with Crippen LogP contribution in [-0.2, 0) is 0 Å². The van der Waals surface area contributed by atoms with Crippen molar-refractivity contribution in [1.29, 1.82) is 0 Å². The zero-order chi connectivity index (χ0) is 11.9. The zero-order valence-electron chi connectivity index (χ0n) is 10.2. The molecule has 0 fully saturated rings. The van der Waals surface area contributed by atoms with Gasteiger partial charge in [0, 0.05) is 24.6 Å². The monoisotopic (exact) mass is 235 g/mol. The fraction of sp³-hybridized carbons (Fsp3) is 0.571. The Morgan fingerprint density at radius 2 is 2.12 bits per heavy atom. The second kappa shape index (κ2) is 6.62. The number of benzene rings is 1. The number of ether oxygens (including phenoxy) is 1. The van der Waals surface area contributed by atoms with Crippen LogP contribution in [0.2, 0.25) is 0 Å². The normalized spacial score (nSPS) is 17.8. The van der Waals surface area contributed by atoms with Crippen molar-refractivity contribution < 1.29 is 9.84 Å². The van der Waals surface area contributed by atoms with Crippen LogP contribution >= 0.6 is 0 Å². The molecule has 0 amide bonds. The Morgan fingerprint density at radius 1 is 1.24 bits per heavy atom. The molecule has 0 bridgehead atoms. The van der Waals surface area contributed by atoms with E-state index in [-0.39, 0.29) is 0 Å². The third kappa shape index (κ3) is 3.45. The van der Waals surface area contributed by atoms with Crippen LogP contribution in [0, 0.1) is 0 Å². The number of rotatable bonds is 7. The molecule has 0 aromatic heterocycles. The van der Waals surface area contributed by atoms with Gasteiger partial charge in [0.25, 0.3) is 0 Å². The van der Waals surface area contributed by atoms with E-state index in [9.17, 15) is 0 Å². The molecule has 0 spiro atoms. The maximum absolute atomic E-state index is 8.67. The minimum atomic E-state index is 0.309. The van der Waals surface area contributed by atoms with Gasteiger partial charge in [-0.05, 0) is 31.9 Å². The van der Waals surface area contributed by atoms with Crippen LogP contribution in [0.15, 0.2) is 24.3 Å². The molecule has 1 aromatic carbocycles. The summed E-state index contributed by atoms with van der Waals surface area (Å²) in [4.78, 5) is 0. The van der Waals surface area contributed by atoms with Gasteiger partial charge in [-0.25, -0.2) is 0 Å². The molecule has 1 aliphatic heterocycles. The highest BCUT2D eigenvalue weighted by Gasteiger charge is 2.22. The maximum atomic E-state index is 8.67. The summed E-state index contributed by atoms with van der Waals surface area (Å²) in [6, 6.07) is 8.28. The van der Waals surface area contributed by atoms with Gasteiger partial charge in [-0.2, -0.15) is 0 Å². The quantitative estimate of drug-likeness (QED) is 0.709. The first-order chi connectivity index (χ1) is 8.42. The first-order valence-corrected chi connectivity index (χ1v) is 6.45. The first-order valence-electron chi connectivity index (χ1n) is 6.45. The van der Waals surface area contributed by atoms with Crippen molar-refractivity contribution in [3.63, 3.8) is 0 Å². The molecule has 0 radical (unpaired) electrons. The molecular weight excluding hydrogens is 214 g/mol. The minimum Gasteiger partial charge on any atom is -0.493 e. The van der Waals surface area contributed by atoms with Gasteiger partial charge in [-0.15, -0.1) is 0 Å². The Hall–Kier alpha value is -1.06. The molecule has 1 aromatic rings. The summed E-state index contributed by atoms with van der Waals surface area (Å²) in [5, 5.41) is 12.1. The van der Waals surface area contributed by atoms with E-state index >= 15 is 0 Å². The van der Waals surface area contributed by atoms with E-state index in [0.717, 1.165) is 44.7 Å². The zero-order valence-corrected chi connectivity index (χ0v) is 10.2. The van der Waals surface area contributed by atoms with E-state index < -0.39 is 0 Å². The second-order valence-electron chi connectivity index (χ2n) is 4.53. The van der Waals surface area contributed by atoms with Gasteiger partial charge in [0.1, 0.15) is 5.75 Å². The van der Waals surface area contributed by atoms with Crippen LogP contribution in [0.5, 0.6) is 5.75 Å². The third-order valence-electron chi connectivity index (χ3n) is 3.20. The van der Waals surface area contributed by atoms with Crippen molar-refractivity contribution in [3.05, 3.63) is 29.8 Å². The number of aliphatic hydroxyl groups excluding tert-OH is 1. The smallest absolute Gasteiger partial charge is 0.122 e. The van der Waals surface area contributed by atoms with Gasteiger partial charge in [0.05, 0.1) is 6.61 Å². The molecule has 1 atom stereocenters. The van der Waals surface area contributed by atoms with Crippen molar-refractivity contribution >= 4 is 0 Å². The summed E-state index contributed by atoms with van der Waals surface area (Å²) in [6.07, 6.45) is 3.15. The molecule has 1 aliphatic rings. The average Bonchev–Trinajstić information content (AvgIpc) is 2.77. The van der Waals surface area contributed by atoms with Crippen LogP contribution in [0.3, 0.4) is 0 Å². The largest absolute Gasteiger partial charge is 0.493 e. The lowest BCUT2D eigenvalue weighted by atomic mass is 10.0. The van der Waals surface area contributed by atoms with Crippen molar-refractivity contribution in [2.45, 2.75) is 25.2 Å². The minimum absolute atomic E-state index is 0.309. The number of fused-ring (bicyclic) bond motifs is 1. The molecule has 2 N–H and O–H groups in total. The topological polar surface area (TPSA) is 41.5 Å². The Morgan fingerprint density at radius 3 is 3.00 bits per heavy atom. The maximum Gasteiger partial charge on any atom is 0.122 e. The molecule has 3 nitrogen and oxygen atoms in total. The Kier molecular flexibility index (Phi) is 4.83. The summed E-state index contributed by atoms with van der Waals surface area (Å²) in [7, 11) is 0. The van der Waals surface area contributed by atoms with Crippen LogP contribution in [0.4, 0.5) is 0 Å². The van der Waals surface area contributed by atoms with Crippen molar-refractivity contribution in [3.8, 4) is 5.75 Å². The van der Waals surface area contributed by atoms with Crippen molar-refractivity contribution in [2.24, 2.45) is 0 Å². The van der Waals surface area contributed by atoms with Crippen molar-refractivity contribution in [1.82, 2.24) is 5.32 Å². The Bertz CT molecular complexity index is 341. The van der Waals surface area contributed by atoms with Crippen LogP contribution < -0.4 is 10.1 Å².